The van der Waals surface area contributed by atoms with Gasteiger partial charge in [0, 0.05) is 4.90 Å². The molecule has 5 heteroatoms. The van der Waals surface area contributed by atoms with Crippen LogP contribution >= 0.6 is 11.8 Å². The third kappa shape index (κ3) is 2.15. The highest BCUT2D eigenvalue weighted by atomic mass is 32.2. The first kappa shape index (κ1) is 10.4. The summed E-state index contributed by atoms with van der Waals surface area (Å²) in [7, 11) is 0. The Morgan fingerprint density at radius 3 is 2.23 bits per heavy atom. The van der Waals surface area contributed by atoms with E-state index >= 15 is 0 Å². The van der Waals surface area contributed by atoms with Gasteiger partial charge in [-0.2, -0.15) is 0 Å². The molecule has 0 saturated heterocycles. The van der Waals surface area contributed by atoms with Crippen molar-refractivity contribution in [1.82, 2.24) is 0 Å². The van der Waals surface area contributed by atoms with Crippen LogP contribution in [0.25, 0.3) is 0 Å². The van der Waals surface area contributed by atoms with Crippen molar-refractivity contribution in [2.75, 3.05) is 6.26 Å². The van der Waals surface area contributed by atoms with E-state index in [4.69, 9.17) is 0 Å². The van der Waals surface area contributed by atoms with Crippen molar-refractivity contribution in [3.8, 4) is 0 Å². The highest BCUT2D eigenvalue weighted by Crippen LogP contribution is 2.28. The van der Waals surface area contributed by atoms with Crippen LogP contribution in [0.3, 0.4) is 0 Å². The molecule has 0 aliphatic heterocycles. The summed E-state index contributed by atoms with van der Waals surface area (Å²) in [6.07, 6.45) is -1.44. The van der Waals surface area contributed by atoms with Gasteiger partial charge in [0.1, 0.15) is 11.6 Å². The van der Waals surface area contributed by atoms with E-state index in [1.807, 2.05) is 0 Å². The van der Waals surface area contributed by atoms with Crippen molar-refractivity contribution >= 4 is 11.8 Å². The molecule has 0 radical (unpaired) electrons. The maximum absolute atomic E-state index is 12.9. The van der Waals surface area contributed by atoms with Crippen LogP contribution < -0.4 is 0 Å². The molecule has 0 aromatic heterocycles. The van der Waals surface area contributed by atoms with Crippen LogP contribution in [0.2, 0.25) is 0 Å². The Labute approximate surface area is 76.9 Å². The molecule has 72 valence electrons. The van der Waals surface area contributed by atoms with Gasteiger partial charge in [-0.15, -0.1) is 11.8 Å². The Hall–Kier alpha value is -0.710. The second kappa shape index (κ2) is 4.00. The summed E-state index contributed by atoms with van der Waals surface area (Å²) in [5.41, 5.74) is -0.893. The maximum atomic E-state index is 12.9. The summed E-state index contributed by atoms with van der Waals surface area (Å²) in [6.45, 7) is 0. The van der Waals surface area contributed by atoms with E-state index < -0.39 is 23.6 Å². The molecule has 1 aromatic rings. The lowest BCUT2D eigenvalue weighted by Crippen LogP contribution is -1.94. The third-order valence-electron chi connectivity index (χ3n) is 1.51. The summed E-state index contributed by atoms with van der Waals surface area (Å²) >= 11 is 0.970. The summed E-state index contributed by atoms with van der Waals surface area (Å²) in [5, 5.41) is 0. The van der Waals surface area contributed by atoms with E-state index in [-0.39, 0.29) is 4.90 Å². The normalized spacial score (nSPS) is 10.9. The van der Waals surface area contributed by atoms with Crippen LogP contribution in [-0.2, 0) is 0 Å². The molecular weight excluding hydrogens is 204 g/mol. The average Bonchev–Trinajstić information content (AvgIpc) is 2.07. The van der Waals surface area contributed by atoms with Gasteiger partial charge in [-0.3, -0.25) is 0 Å². The van der Waals surface area contributed by atoms with Crippen molar-refractivity contribution in [3.63, 3.8) is 0 Å². The van der Waals surface area contributed by atoms with Gasteiger partial charge in [0.2, 0.25) is 0 Å². The number of hydrogen-bond acceptors (Lipinski definition) is 1. The number of alkyl halides is 2. The molecule has 1 rings (SSSR count). The summed E-state index contributed by atoms with van der Waals surface area (Å²) in [6, 6.07) is 1.31. The van der Waals surface area contributed by atoms with Crippen molar-refractivity contribution in [2.24, 2.45) is 0 Å². The molecule has 0 unspecified atom stereocenters. The number of halogens is 4. The largest absolute Gasteiger partial charge is 0.266 e. The Kier molecular flexibility index (Phi) is 3.19. The molecule has 0 bridgehead atoms. The van der Waals surface area contributed by atoms with E-state index in [1.165, 1.54) is 0 Å². The zero-order valence-electron chi connectivity index (χ0n) is 6.65. The fraction of sp³-hybridized carbons (Fsp3) is 0.250. The van der Waals surface area contributed by atoms with Crippen molar-refractivity contribution < 1.29 is 17.6 Å². The lowest BCUT2D eigenvalue weighted by atomic mass is 10.2. The Morgan fingerprint density at radius 2 is 1.77 bits per heavy atom. The van der Waals surface area contributed by atoms with E-state index in [0.717, 1.165) is 17.8 Å². The molecule has 1 aromatic carbocycles. The summed E-state index contributed by atoms with van der Waals surface area (Å²) in [4.78, 5) is 0.0295. The predicted molar refractivity (Wildman–Crippen MR) is 43.1 cm³/mol. The predicted octanol–water partition coefficient (Wildman–Crippen LogP) is 3.62. The smallest absolute Gasteiger partial charge is 0.206 e. The van der Waals surface area contributed by atoms with Crippen LogP contribution in [0, 0.1) is 11.6 Å². The zero-order valence-corrected chi connectivity index (χ0v) is 7.47. The molecule has 0 fully saturated rings. The molecule has 0 N–H and O–H groups in total. The number of rotatable bonds is 2. The standard InChI is InChI=1S/C8H6F4S/c1-13-7-3-5(9)4(8(11)12)2-6(7)10/h2-3,8H,1H3. The van der Waals surface area contributed by atoms with Gasteiger partial charge in [-0.05, 0) is 18.4 Å². The van der Waals surface area contributed by atoms with E-state index in [1.54, 1.807) is 6.26 Å². The van der Waals surface area contributed by atoms with Gasteiger partial charge in [0.25, 0.3) is 6.43 Å². The maximum Gasteiger partial charge on any atom is 0.266 e. The first-order valence-electron chi connectivity index (χ1n) is 3.37. The fourth-order valence-corrected chi connectivity index (χ4v) is 1.34. The second-order valence-electron chi connectivity index (χ2n) is 2.31. The minimum Gasteiger partial charge on any atom is -0.206 e. The SMILES string of the molecule is CSc1cc(F)c(C(F)F)cc1F. The highest BCUT2D eigenvalue weighted by Gasteiger charge is 2.16. The Balaban J connectivity index is 3.20. The van der Waals surface area contributed by atoms with E-state index in [2.05, 4.69) is 0 Å². The third-order valence-corrected chi connectivity index (χ3v) is 2.26. The highest BCUT2D eigenvalue weighted by molar-refractivity contribution is 7.98. The lowest BCUT2D eigenvalue weighted by Gasteiger charge is -2.04. The van der Waals surface area contributed by atoms with Crippen LogP contribution in [0.15, 0.2) is 17.0 Å². The summed E-state index contributed by atoms with van der Waals surface area (Å²) in [5.74, 6) is -1.88. The van der Waals surface area contributed by atoms with E-state index in [9.17, 15) is 17.6 Å². The molecule has 0 nitrogen and oxygen atoms in total. The second-order valence-corrected chi connectivity index (χ2v) is 3.16. The van der Waals surface area contributed by atoms with Crippen molar-refractivity contribution in [3.05, 3.63) is 29.3 Å². The van der Waals surface area contributed by atoms with Gasteiger partial charge in [-0.1, -0.05) is 0 Å². The van der Waals surface area contributed by atoms with Gasteiger partial charge < -0.3 is 0 Å². The topological polar surface area (TPSA) is 0 Å². The minimum absolute atomic E-state index is 0.0295. The van der Waals surface area contributed by atoms with Crippen LogP contribution in [0.5, 0.6) is 0 Å². The van der Waals surface area contributed by atoms with Gasteiger partial charge in [0.15, 0.2) is 0 Å². The van der Waals surface area contributed by atoms with Crippen LogP contribution in [0.4, 0.5) is 17.6 Å². The number of benzene rings is 1. The fourth-order valence-electron chi connectivity index (χ4n) is 0.868. The van der Waals surface area contributed by atoms with Crippen LogP contribution in [-0.4, -0.2) is 6.26 Å². The Morgan fingerprint density at radius 1 is 1.15 bits per heavy atom. The zero-order chi connectivity index (χ0) is 10.0. The molecule has 0 atom stereocenters. The molecule has 0 heterocycles. The molecule has 0 amide bonds. The summed E-state index contributed by atoms with van der Waals surface area (Å²) < 4.78 is 49.7. The van der Waals surface area contributed by atoms with Gasteiger partial charge >= 0.3 is 0 Å². The number of hydrogen-bond donors (Lipinski definition) is 0. The number of thioether (sulfide) groups is 1. The lowest BCUT2D eigenvalue weighted by molar-refractivity contribution is 0.145. The Bertz CT molecular complexity index is 311. The monoisotopic (exact) mass is 210 g/mol. The molecule has 0 saturated carbocycles. The van der Waals surface area contributed by atoms with Crippen molar-refractivity contribution in [2.45, 2.75) is 11.3 Å². The van der Waals surface area contributed by atoms with E-state index in [0.29, 0.717) is 6.07 Å². The average molecular weight is 210 g/mol. The van der Waals surface area contributed by atoms with Crippen molar-refractivity contribution in [1.29, 1.82) is 0 Å². The first-order valence-corrected chi connectivity index (χ1v) is 4.59. The molecular formula is C8H6F4S. The molecule has 0 aliphatic rings. The minimum atomic E-state index is -2.98. The van der Waals surface area contributed by atoms with Crippen LogP contribution in [0.1, 0.15) is 12.0 Å². The molecule has 13 heavy (non-hydrogen) atoms. The quantitative estimate of drug-likeness (QED) is 0.530. The molecule has 0 spiro atoms. The van der Waals surface area contributed by atoms with Gasteiger partial charge in [-0.25, -0.2) is 17.6 Å². The first-order chi connectivity index (χ1) is 6.06. The van der Waals surface area contributed by atoms with Gasteiger partial charge in [0.05, 0.1) is 5.56 Å². The molecule has 0 aliphatic carbocycles.